The number of hydrogen-bond acceptors (Lipinski definition) is 7. The van der Waals surface area contributed by atoms with Crippen LogP contribution in [0.3, 0.4) is 0 Å². The molecule has 4 aromatic rings. The Morgan fingerprint density at radius 3 is 2.51 bits per heavy atom. The van der Waals surface area contributed by atoms with Gasteiger partial charge in [0.05, 0.1) is 10.4 Å². The van der Waals surface area contributed by atoms with Crippen LogP contribution in [0.25, 0.3) is 16.6 Å². The molecule has 0 spiro atoms. The number of fused-ring (bicyclic) bond motifs is 3. The van der Waals surface area contributed by atoms with Gasteiger partial charge < -0.3 is 9.80 Å². The van der Waals surface area contributed by atoms with Crippen molar-refractivity contribution in [3.63, 3.8) is 0 Å². The molecule has 2 fully saturated rings. The number of nitro benzene ring substituents is 1. The number of nitro groups is 1. The van der Waals surface area contributed by atoms with Crippen LogP contribution in [0, 0.1) is 17.0 Å². The summed E-state index contributed by atoms with van der Waals surface area (Å²) >= 11 is 0. The summed E-state index contributed by atoms with van der Waals surface area (Å²) in [6.07, 6.45) is 5.89. The molecular weight excluding hydrogens is 470 g/mol. The van der Waals surface area contributed by atoms with Gasteiger partial charge in [-0.15, -0.1) is 10.2 Å². The summed E-state index contributed by atoms with van der Waals surface area (Å²) in [7, 11) is 0. The molecule has 10 nitrogen and oxygen atoms in total. The molecule has 2 aliphatic rings. The summed E-state index contributed by atoms with van der Waals surface area (Å²) in [5.74, 6) is 1.97. The zero-order valence-electron chi connectivity index (χ0n) is 20.8. The van der Waals surface area contributed by atoms with Crippen molar-refractivity contribution in [2.75, 3.05) is 31.1 Å². The molecule has 1 saturated heterocycles. The molecule has 2 aromatic carbocycles. The summed E-state index contributed by atoms with van der Waals surface area (Å²) in [4.78, 5) is 33.1. The number of carbonyl (C=O) groups excluding carboxylic acids is 1. The van der Waals surface area contributed by atoms with E-state index in [4.69, 9.17) is 4.98 Å². The minimum atomic E-state index is -0.441. The molecule has 1 amide bonds. The maximum absolute atomic E-state index is 13.2. The molecule has 0 radical (unpaired) electrons. The highest BCUT2D eigenvalue weighted by Crippen LogP contribution is 2.35. The molecule has 0 N–H and O–H groups in total. The van der Waals surface area contributed by atoms with E-state index in [0.717, 1.165) is 41.2 Å². The van der Waals surface area contributed by atoms with Gasteiger partial charge in [0, 0.05) is 54.7 Å². The fourth-order valence-electron chi connectivity index (χ4n) is 5.65. The molecule has 37 heavy (non-hydrogen) atoms. The van der Waals surface area contributed by atoms with E-state index in [-0.39, 0.29) is 11.6 Å². The van der Waals surface area contributed by atoms with Crippen molar-refractivity contribution in [1.82, 2.24) is 24.5 Å². The smallest absolute Gasteiger partial charge is 0.273 e. The third-order valence-electron chi connectivity index (χ3n) is 7.73. The standard InChI is InChI=1S/C27H29N7O3/c1-18-11-12-20(17-23(18)34(36)37)26(35)31-13-15-32(16-14-31)27-28-22-10-6-5-9-21(22)25-30-29-24(33(25)27)19-7-3-2-4-8-19/h5-6,9-12,17,19H,2-4,7-8,13-16H2,1H3. The number of aryl methyl sites for hydroxylation is 1. The van der Waals surface area contributed by atoms with E-state index in [0.29, 0.717) is 43.2 Å². The Morgan fingerprint density at radius 2 is 1.76 bits per heavy atom. The average molecular weight is 500 g/mol. The van der Waals surface area contributed by atoms with Crippen LogP contribution < -0.4 is 4.90 Å². The first-order valence-electron chi connectivity index (χ1n) is 12.9. The maximum Gasteiger partial charge on any atom is 0.273 e. The number of benzene rings is 2. The van der Waals surface area contributed by atoms with Crippen molar-refractivity contribution in [2.45, 2.75) is 44.9 Å². The topological polar surface area (TPSA) is 110 Å². The van der Waals surface area contributed by atoms with Gasteiger partial charge in [0.15, 0.2) is 5.65 Å². The van der Waals surface area contributed by atoms with Crippen LogP contribution in [0.2, 0.25) is 0 Å². The lowest BCUT2D eigenvalue weighted by Gasteiger charge is -2.36. The highest BCUT2D eigenvalue weighted by Gasteiger charge is 2.29. The lowest BCUT2D eigenvalue weighted by atomic mass is 9.89. The number of anilines is 1. The van der Waals surface area contributed by atoms with Crippen LogP contribution >= 0.6 is 0 Å². The Labute approximate surface area is 214 Å². The van der Waals surface area contributed by atoms with E-state index in [1.54, 1.807) is 24.0 Å². The molecular formula is C27H29N7O3. The summed E-state index contributed by atoms with van der Waals surface area (Å²) < 4.78 is 2.14. The molecule has 3 heterocycles. The molecule has 1 aliphatic carbocycles. The van der Waals surface area contributed by atoms with Gasteiger partial charge in [0.1, 0.15) is 5.82 Å². The van der Waals surface area contributed by atoms with E-state index >= 15 is 0 Å². The van der Waals surface area contributed by atoms with Crippen molar-refractivity contribution in [3.05, 3.63) is 69.5 Å². The molecule has 1 saturated carbocycles. The Morgan fingerprint density at radius 1 is 1.00 bits per heavy atom. The van der Waals surface area contributed by atoms with E-state index in [1.165, 1.54) is 25.3 Å². The van der Waals surface area contributed by atoms with Gasteiger partial charge in [-0.25, -0.2) is 9.38 Å². The second-order valence-electron chi connectivity index (χ2n) is 10.0. The predicted octanol–water partition coefficient (Wildman–Crippen LogP) is 4.50. The predicted molar refractivity (Wildman–Crippen MR) is 140 cm³/mol. The van der Waals surface area contributed by atoms with Gasteiger partial charge in [-0.1, -0.05) is 37.5 Å². The first-order chi connectivity index (χ1) is 18.0. The first kappa shape index (κ1) is 23.3. The monoisotopic (exact) mass is 499 g/mol. The Balaban J connectivity index is 1.31. The number of amides is 1. The number of hydrogen-bond donors (Lipinski definition) is 0. The van der Waals surface area contributed by atoms with Crippen LogP contribution in [-0.4, -0.2) is 61.5 Å². The fourth-order valence-corrected chi connectivity index (χ4v) is 5.65. The number of aromatic nitrogens is 4. The lowest BCUT2D eigenvalue weighted by Crippen LogP contribution is -2.49. The molecule has 2 aromatic heterocycles. The van der Waals surface area contributed by atoms with Gasteiger partial charge >= 0.3 is 0 Å². The van der Waals surface area contributed by atoms with Crippen molar-refractivity contribution in [1.29, 1.82) is 0 Å². The summed E-state index contributed by atoms with van der Waals surface area (Å²) in [6, 6.07) is 12.7. The molecule has 10 heteroatoms. The van der Waals surface area contributed by atoms with Gasteiger partial charge in [-0.2, -0.15) is 0 Å². The van der Waals surface area contributed by atoms with E-state index in [1.807, 2.05) is 24.3 Å². The third kappa shape index (κ3) is 4.16. The number of piperazine rings is 1. The zero-order chi connectivity index (χ0) is 25.5. The van der Waals surface area contributed by atoms with Crippen molar-refractivity contribution in [3.8, 4) is 0 Å². The molecule has 0 unspecified atom stereocenters. The van der Waals surface area contributed by atoms with E-state index in [9.17, 15) is 14.9 Å². The van der Waals surface area contributed by atoms with E-state index < -0.39 is 4.92 Å². The molecule has 6 rings (SSSR count). The number of rotatable bonds is 4. The molecule has 190 valence electrons. The van der Waals surface area contributed by atoms with Crippen LogP contribution in [0.1, 0.15) is 59.8 Å². The van der Waals surface area contributed by atoms with Crippen LogP contribution in [-0.2, 0) is 0 Å². The molecule has 0 bridgehead atoms. The Bertz CT molecular complexity index is 1500. The second-order valence-corrected chi connectivity index (χ2v) is 10.0. The van der Waals surface area contributed by atoms with Crippen LogP contribution in [0.4, 0.5) is 11.6 Å². The highest BCUT2D eigenvalue weighted by molar-refractivity contribution is 5.95. The maximum atomic E-state index is 13.2. The minimum Gasteiger partial charge on any atom is -0.338 e. The van der Waals surface area contributed by atoms with E-state index in [2.05, 4.69) is 19.5 Å². The summed E-state index contributed by atoms with van der Waals surface area (Å²) in [5, 5.41) is 21.6. The number of para-hydroxylation sites is 1. The van der Waals surface area contributed by atoms with Crippen molar-refractivity contribution in [2.24, 2.45) is 0 Å². The SMILES string of the molecule is Cc1ccc(C(=O)N2CCN(c3nc4ccccc4c4nnc(C5CCCCC5)n34)CC2)cc1[N+](=O)[O-]. The number of carbonyl (C=O) groups is 1. The van der Waals surface area contributed by atoms with Crippen LogP contribution in [0.5, 0.6) is 0 Å². The van der Waals surface area contributed by atoms with Gasteiger partial charge in [0.25, 0.3) is 11.6 Å². The first-order valence-corrected chi connectivity index (χ1v) is 12.9. The zero-order valence-corrected chi connectivity index (χ0v) is 20.8. The normalized spacial score (nSPS) is 17.0. The minimum absolute atomic E-state index is 0.0323. The summed E-state index contributed by atoms with van der Waals surface area (Å²) in [5.41, 5.74) is 2.55. The fraction of sp³-hybridized carbons (Fsp3) is 0.407. The lowest BCUT2D eigenvalue weighted by molar-refractivity contribution is -0.385. The van der Waals surface area contributed by atoms with Crippen molar-refractivity contribution >= 4 is 34.1 Å². The van der Waals surface area contributed by atoms with Crippen LogP contribution in [0.15, 0.2) is 42.5 Å². The molecule has 1 aliphatic heterocycles. The average Bonchev–Trinajstić information content (AvgIpc) is 3.39. The van der Waals surface area contributed by atoms with Gasteiger partial charge in [-0.05, 0) is 38.0 Å². The number of nitrogens with zero attached hydrogens (tertiary/aromatic N) is 7. The Hall–Kier alpha value is -4.08. The summed E-state index contributed by atoms with van der Waals surface area (Å²) in [6.45, 7) is 3.87. The highest BCUT2D eigenvalue weighted by atomic mass is 16.6. The molecule has 0 atom stereocenters. The largest absolute Gasteiger partial charge is 0.338 e. The van der Waals surface area contributed by atoms with Crippen molar-refractivity contribution < 1.29 is 9.72 Å². The second kappa shape index (κ2) is 9.42. The van der Waals surface area contributed by atoms with Gasteiger partial charge in [0.2, 0.25) is 5.95 Å². The quantitative estimate of drug-likeness (QED) is 0.300. The third-order valence-corrected chi connectivity index (χ3v) is 7.73. The van der Waals surface area contributed by atoms with Gasteiger partial charge in [-0.3, -0.25) is 14.9 Å². The Kier molecular flexibility index (Phi) is 5.94.